The monoisotopic (exact) mass is 291 g/mol. The molecule has 0 aliphatic heterocycles. The predicted octanol–water partition coefficient (Wildman–Crippen LogP) is 4.31. The molecule has 1 aliphatic carbocycles. The van der Waals surface area contributed by atoms with Gasteiger partial charge in [0.25, 0.3) is 0 Å². The Morgan fingerprint density at radius 1 is 1.05 bits per heavy atom. The van der Waals surface area contributed by atoms with E-state index in [0.717, 1.165) is 23.0 Å². The summed E-state index contributed by atoms with van der Waals surface area (Å²) in [5.41, 5.74) is 7.65. The van der Waals surface area contributed by atoms with Crippen molar-refractivity contribution in [3.63, 3.8) is 0 Å². The average molecular weight is 291 g/mol. The molecule has 0 amide bonds. The van der Waals surface area contributed by atoms with Gasteiger partial charge in [0.15, 0.2) is 0 Å². The van der Waals surface area contributed by atoms with Crippen molar-refractivity contribution in [1.82, 2.24) is 0 Å². The molecular weight excluding hydrogens is 262 g/mol. The van der Waals surface area contributed by atoms with Gasteiger partial charge in [-0.3, -0.25) is 0 Å². The predicted molar refractivity (Wildman–Crippen MR) is 86.8 cm³/mol. The highest BCUT2D eigenvalue weighted by molar-refractivity contribution is 5.40. The summed E-state index contributed by atoms with van der Waals surface area (Å²) in [6.45, 7) is 2.28. The molecule has 1 fully saturated rings. The molecule has 1 aliphatic rings. The molecule has 1 unspecified atom stereocenters. The van der Waals surface area contributed by atoms with E-state index in [4.69, 9.17) is 15.2 Å². The zero-order valence-corrected chi connectivity index (χ0v) is 13.6. The summed E-state index contributed by atoms with van der Waals surface area (Å²) in [5.74, 6) is 3.13. The highest BCUT2D eigenvalue weighted by Crippen LogP contribution is 2.38. The topological polar surface area (TPSA) is 44.5 Å². The van der Waals surface area contributed by atoms with Crippen LogP contribution in [-0.4, -0.2) is 14.2 Å². The summed E-state index contributed by atoms with van der Waals surface area (Å²) in [7, 11) is 3.36. The average Bonchev–Trinajstić information content (AvgIpc) is 2.54. The molecule has 0 aromatic heterocycles. The van der Waals surface area contributed by atoms with Crippen molar-refractivity contribution in [3.05, 3.63) is 23.8 Å². The van der Waals surface area contributed by atoms with Crippen LogP contribution in [0.25, 0.3) is 0 Å². The fourth-order valence-corrected chi connectivity index (χ4v) is 3.54. The Morgan fingerprint density at radius 3 is 2.10 bits per heavy atom. The van der Waals surface area contributed by atoms with E-state index in [1.165, 1.54) is 38.5 Å². The van der Waals surface area contributed by atoms with Crippen LogP contribution in [0.15, 0.2) is 18.2 Å². The number of methoxy groups -OCH3 is 2. The minimum Gasteiger partial charge on any atom is -0.497 e. The van der Waals surface area contributed by atoms with Crippen LogP contribution in [0.4, 0.5) is 0 Å². The highest BCUT2D eigenvalue weighted by atomic mass is 16.5. The molecule has 118 valence electrons. The summed E-state index contributed by atoms with van der Waals surface area (Å²) in [6.07, 6.45) is 7.81. The number of hydrogen-bond acceptors (Lipinski definition) is 3. The second kappa shape index (κ2) is 7.69. The lowest BCUT2D eigenvalue weighted by Gasteiger charge is -2.32. The lowest BCUT2D eigenvalue weighted by molar-refractivity contribution is 0.234. The van der Waals surface area contributed by atoms with Gasteiger partial charge < -0.3 is 15.2 Å². The first-order chi connectivity index (χ1) is 10.2. The Kier molecular flexibility index (Phi) is 5.92. The van der Waals surface area contributed by atoms with E-state index >= 15 is 0 Å². The van der Waals surface area contributed by atoms with Crippen LogP contribution in [-0.2, 0) is 0 Å². The third kappa shape index (κ3) is 4.13. The molecule has 0 saturated heterocycles. The van der Waals surface area contributed by atoms with Crippen molar-refractivity contribution in [1.29, 1.82) is 0 Å². The third-order valence-electron chi connectivity index (χ3n) is 4.85. The Morgan fingerprint density at radius 2 is 1.62 bits per heavy atom. The number of nitrogens with two attached hydrogens (primary N) is 1. The van der Waals surface area contributed by atoms with Crippen molar-refractivity contribution < 1.29 is 9.47 Å². The first kappa shape index (κ1) is 16.2. The van der Waals surface area contributed by atoms with Gasteiger partial charge in [-0.1, -0.05) is 32.6 Å². The summed E-state index contributed by atoms with van der Waals surface area (Å²) in [5, 5.41) is 0. The molecule has 3 nitrogen and oxygen atoms in total. The van der Waals surface area contributed by atoms with Crippen LogP contribution in [0.1, 0.15) is 57.1 Å². The first-order valence-corrected chi connectivity index (χ1v) is 8.16. The highest BCUT2D eigenvalue weighted by Gasteiger charge is 2.26. The van der Waals surface area contributed by atoms with Crippen molar-refractivity contribution in [3.8, 4) is 11.5 Å². The van der Waals surface area contributed by atoms with Gasteiger partial charge >= 0.3 is 0 Å². The second-order valence-corrected chi connectivity index (χ2v) is 6.24. The van der Waals surface area contributed by atoms with E-state index in [1.807, 2.05) is 18.2 Å². The van der Waals surface area contributed by atoms with Gasteiger partial charge in [0, 0.05) is 12.1 Å². The number of rotatable bonds is 6. The summed E-state index contributed by atoms with van der Waals surface area (Å²) in [4.78, 5) is 0. The molecule has 1 aromatic rings. The fourth-order valence-electron chi connectivity index (χ4n) is 3.54. The van der Waals surface area contributed by atoms with E-state index < -0.39 is 0 Å². The van der Waals surface area contributed by atoms with E-state index in [2.05, 4.69) is 6.92 Å². The smallest absolute Gasteiger partial charge is 0.122 e. The van der Waals surface area contributed by atoms with Crippen LogP contribution in [0.5, 0.6) is 11.5 Å². The van der Waals surface area contributed by atoms with Crippen LogP contribution in [0.2, 0.25) is 0 Å². The minimum absolute atomic E-state index is 0.0802. The van der Waals surface area contributed by atoms with Crippen LogP contribution < -0.4 is 15.2 Å². The Hall–Kier alpha value is -1.22. The standard InChI is InChI=1S/C18H29NO2/c1-4-5-13-6-8-14(9-7-13)18(19)15-10-16(20-2)12-17(11-15)21-3/h10-14,18H,4-9,19H2,1-3H3. The van der Waals surface area contributed by atoms with Gasteiger partial charge in [-0.2, -0.15) is 0 Å². The number of ether oxygens (including phenoxy) is 2. The maximum Gasteiger partial charge on any atom is 0.122 e. The normalized spacial score (nSPS) is 23.6. The lowest BCUT2D eigenvalue weighted by Crippen LogP contribution is -2.26. The maximum absolute atomic E-state index is 6.53. The SMILES string of the molecule is CCCC1CCC(C(N)c2cc(OC)cc(OC)c2)CC1. The van der Waals surface area contributed by atoms with Gasteiger partial charge in [0.05, 0.1) is 14.2 Å². The van der Waals surface area contributed by atoms with Crippen molar-refractivity contribution >= 4 is 0 Å². The summed E-state index contributed by atoms with van der Waals surface area (Å²) in [6, 6.07) is 6.07. The quantitative estimate of drug-likeness (QED) is 0.849. The maximum atomic E-state index is 6.53. The summed E-state index contributed by atoms with van der Waals surface area (Å²) < 4.78 is 10.7. The molecule has 0 radical (unpaired) electrons. The molecule has 1 aromatic carbocycles. The van der Waals surface area contributed by atoms with Crippen LogP contribution in [0, 0.1) is 11.8 Å². The van der Waals surface area contributed by atoms with Crippen LogP contribution >= 0.6 is 0 Å². The van der Waals surface area contributed by atoms with E-state index in [1.54, 1.807) is 14.2 Å². The minimum atomic E-state index is 0.0802. The van der Waals surface area contributed by atoms with E-state index in [-0.39, 0.29) is 6.04 Å². The molecule has 0 spiro atoms. The molecule has 21 heavy (non-hydrogen) atoms. The van der Waals surface area contributed by atoms with Crippen molar-refractivity contribution in [2.24, 2.45) is 17.6 Å². The van der Waals surface area contributed by atoms with Gasteiger partial charge in [0.1, 0.15) is 11.5 Å². The van der Waals surface area contributed by atoms with Crippen molar-refractivity contribution in [2.45, 2.75) is 51.5 Å². The zero-order valence-electron chi connectivity index (χ0n) is 13.6. The zero-order chi connectivity index (χ0) is 15.2. The largest absolute Gasteiger partial charge is 0.497 e. The second-order valence-electron chi connectivity index (χ2n) is 6.24. The molecule has 1 atom stereocenters. The summed E-state index contributed by atoms with van der Waals surface area (Å²) >= 11 is 0. The van der Waals surface area contributed by atoms with Gasteiger partial charge in [0.2, 0.25) is 0 Å². The molecule has 1 saturated carbocycles. The molecule has 0 bridgehead atoms. The Labute approximate surface area is 128 Å². The first-order valence-electron chi connectivity index (χ1n) is 8.16. The van der Waals surface area contributed by atoms with Crippen LogP contribution in [0.3, 0.4) is 0 Å². The van der Waals surface area contributed by atoms with Gasteiger partial charge in [-0.15, -0.1) is 0 Å². The van der Waals surface area contributed by atoms with Gasteiger partial charge in [-0.25, -0.2) is 0 Å². The number of benzene rings is 1. The number of hydrogen-bond donors (Lipinski definition) is 1. The Balaban J connectivity index is 2.04. The van der Waals surface area contributed by atoms with Crippen molar-refractivity contribution in [2.75, 3.05) is 14.2 Å². The lowest BCUT2D eigenvalue weighted by atomic mass is 9.76. The van der Waals surface area contributed by atoms with Gasteiger partial charge in [-0.05, 0) is 42.4 Å². The fraction of sp³-hybridized carbons (Fsp3) is 0.667. The molecule has 2 rings (SSSR count). The van der Waals surface area contributed by atoms with E-state index in [0.29, 0.717) is 5.92 Å². The molecule has 2 N–H and O–H groups in total. The molecule has 0 heterocycles. The molecule has 3 heteroatoms. The van der Waals surface area contributed by atoms with E-state index in [9.17, 15) is 0 Å². The Bertz CT molecular complexity index is 417. The molecular formula is C18H29NO2. The third-order valence-corrected chi connectivity index (χ3v) is 4.85.